The standard InChI is InChI=1S/C17H29N3O2/c1-13(2)12-22-16-8-6-15(7-9-16)14(3)20-17(18-4)19-10-11-21-5/h6-9,13-14H,10-12H2,1-5H3,(H2,18,19,20). The lowest BCUT2D eigenvalue weighted by Crippen LogP contribution is -2.40. The maximum Gasteiger partial charge on any atom is 0.191 e. The minimum atomic E-state index is 0.160. The van der Waals surface area contributed by atoms with E-state index in [0.29, 0.717) is 12.5 Å². The van der Waals surface area contributed by atoms with Gasteiger partial charge in [0.15, 0.2) is 5.96 Å². The summed E-state index contributed by atoms with van der Waals surface area (Å²) in [6, 6.07) is 8.34. The van der Waals surface area contributed by atoms with Crippen molar-refractivity contribution in [1.82, 2.24) is 10.6 Å². The van der Waals surface area contributed by atoms with E-state index in [9.17, 15) is 0 Å². The number of benzene rings is 1. The first-order chi connectivity index (χ1) is 10.6. The van der Waals surface area contributed by atoms with Crippen LogP contribution >= 0.6 is 0 Å². The number of ether oxygens (including phenoxy) is 2. The number of hydrogen-bond acceptors (Lipinski definition) is 3. The smallest absolute Gasteiger partial charge is 0.191 e. The van der Waals surface area contributed by atoms with Crippen LogP contribution in [-0.4, -0.2) is 39.9 Å². The molecule has 0 heterocycles. The van der Waals surface area contributed by atoms with E-state index in [1.54, 1.807) is 14.2 Å². The van der Waals surface area contributed by atoms with Gasteiger partial charge in [-0.05, 0) is 30.5 Å². The first-order valence-corrected chi connectivity index (χ1v) is 7.75. The average Bonchev–Trinajstić information content (AvgIpc) is 2.52. The summed E-state index contributed by atoms with van der Waals surface area (Å²) in [6.07, 6.45) is 0. The third-order valence-corrected chi connectivity index (χ3v) is 3.14. The quantitative estimate of drug-likeness (QED) is 0.440. The van der Waals surface area contributed by atoms with Crippen LogP contribution < -0.4 is 15.4 Å². The molecule has 0 saturated heterocycles. The maximum absolute atomic E-state index is 5.70. The zero-order chi connectivity index (χ0) is 16.4. The van der Waals surface area contributed by atoms with Gasteiger partial charge in [-0.2, -0.15) is 0 Å². The first-order valence-electron chi connectivity index (χ1n) is 7.75. The van der Waals surface area contributed by atoms with Crippen molar-refractivity contribution in [2.75, 3.05) is 33.9 Å². The minimum absolute atomic E-state index is 0.160. The lowest BCUT2D eigenvalue weighted by Gasteiger charge is -2.18. The van der Waals surface area contributed by atoms with E-state index in [2.05, 4.69) is 48.5 Å². The van der Waals surface area contributed by atoms with E-state index in [1.165, 1.54) is 5.56 Å². The maximum atomic E-state index is 5.70. The van der Waals surface area contributed by atoms with Gasteiger partial charge in [-0.25, -0.2) is 0 Å². The Morgan fingerprint density at radius 2 is 1.86 bits per heavy atom. The molecule has 0 aliphatic rings. The van der Waals surface area contributed by atoms with Crippen molar-refractivity contribution in [2.45, 2.75) is 26.8 Å². The summed E-state index contributed by atoms with van der Waals surface area (Å²) >= 11 is 0. The monoisotopic (exact) mass is 307 g/mol. The van der Waals surface area contributed by atoms with E-state index in [4.69, 9.17) is 9.47 Å². The number of guanidine groups is 1. The predicted octanol–water partition coefficient (Wildman–Crippen LogP) is 2.59. The molecule has 1 unspecified atom stereocenters. The van der Waals surface area contributed by atoms with E-state index < -0.39 is 0 Å². The van der Waals surface area contributed by atoms with Gasteiger partial charge in [-0.15, -0.1) is 0 Å². The van der Waals surface area contributed by atoms with Crippen LogP contribution in [0.15, 0.2) is 29.3 Å². The summed E-state index contributed by atoms with van der Waals surface area (Å²) in [5.41, 5.74) is 1.19. The Labute approximate surface area is 134 Å². The van der Waals surface area contributed by atoms with E-state index in [-0.39, 0.29) is 6.04 Å². The van der Waals surface area contributed by atoms with E-state index >= 15 is 0 Å². The van der Waals surface area contributed by atoms with Crippen molar-refractivity contribution in [2.24, 2.45) is 10.9 Å². The summed E-state index contributed by atoms with van der Waals surface area (Å²) in [5, 5.41) is 6.56. The molecule has 0 amide bonds. The molecule has 0 fully saturated rings. The Kier molecular flexibility index (Phi) is 8.36. The Morgan fingerprint density at radius 3 is 2.41 bits per heavy atom. The molecule has 5 nitrogen and oxygen atoms in total. The Bertz CT molecular complexity index is 444. The second kappa shape index (κ2) is 10.1. The molecule has 0 spiro atoms. The molecule has 0 aliphatic heterocycles. The molecule has 22 heavy (non-hydrogen) atoms. The minimum Gasteiger partial charge on any atom is -0.493 e. The van der Waals surface area contributed by atoms with E-state index in [1.807, 2.05) is 12.1 Å². The third kappa shape index (κ3) is 6.80. The highest BCUT2D eigenvalue weighted by atomic mass is 16.5. The molecule has 1 rings (SSSR count). The fourth-order valence-electron chi connectivity index (χ4n) is 1.87. The van der Waals surface area contributed by atoms with Gasteiger partial charge in [0.1, 0.15) is 5.75 Å². The number of hydrogen-bond donors (Lipinski definition) is 2. The lowest BCUT2D eigenvalue weighted by atomic mass is 10.1. The largest absolute Gasteiger partial charge is 0.493 e. The number of aliphatic imine (C=N–C) groups is 1. The van der Waals surface area contributed by atoms with Crippen LogP contribution in [0.25, 0.3) is 0 Å². The SMILES string of the molecule is CN=C(NCCOC)NC(C)c1ccc(OCC(C)C)cc1. The van der Waals surface area contributed by atoms with Crippen molar-refractivity contribution in [1.29, 1.82) is 0 Å². The Morgan fingerprint density at radius 1 is 1.18 bits per heavy atom. The van der Waals surface area contributed by atoms with Crippen molar-refractivity contribution in [3.05, 3.63) is 29.8 Å². The van der Waals surface area contributed by atoms with Gasteiger partial charge in [0.25, 0.3) is 0 Å². The third-order valence-electron chi connectivity index (χ3n) is 3.14. The molecule has 0 radical (unpaired) electrons. The molecule has 1 atom stereocenters. The van der Waals surface area contributed by atoms with Crippen LogP contribution in [0, 0.1) is 5.92 Å². The van der Waals surface area contributed by atoms with Crippen LogP contribution in [0.1, 0.15) is 32.4 Å². The van der Waals surface area contributed by atoms with Crippen molar-refractivity contribution in [3.63, 3.8) is 0 Å². The second-order valence-corrected chi connectivity index (χ2v) is 5.63. The Hall–Kier alpha value is -1.75. The fourth-order valence-corrected chi connectivity index (χ4v) is 1.87. The lowest BCUT2D eigenvalue weighted by molar-refractivity contribution is 0.203. The summed E-state index contributed by atoms with van der Waals surface area (Å²) in [6.45, 7) is 8.50. The number of rotatable bonds is 8. The zero-order valence-corrected chi connectivity index (χ0v) is 14.3. The summed E-state index contributed by atoms with van der Waals surface area (Å²) in [4.78, 5) is 4.21. The molecule has 1 aromatic rings. The van der Waals surface area contributed by atoms with Crippen LogP contribution in [0.3, 0.4) is 0 Å². The van der Waals surface area contributed by atoms with Gasteiger partial charge in [0.05, 0.1) is 19.3 Å². The molecule has 5 heteroatoms. The number of nitrogens with zero attached hydrogens (tertiary/aromatic N) is 1. The Balaban J connectivity index is 2.52. The van der Waals surface area contributed by atoms with Gasteiger partial charge in [0, 0.05) is 20.7 Å². The van der Waals surface area contributed by atoms with Gasteiger partial charge in [0.2, 0.25) is 0 Å². The normalized spacial score (nSPS) is 13.1. The van der Waals surface area contributed by atoms with Crippen LogP contribution in [0.5, 0.6) is 5.75 Å². The number of methoxy groups -OCH3 is 1. The van der Waals surface area contributed by atoms with Gasteiger partial charge in [-0.1, -0.05) is 26.0 Å². The van der Waals surface area contributed by atoms with Crippen molar-refractivity contribution >= 4 is 5.96 Å². The highest BCUT2D eigenvalue weighted by molar-refractivity contribution is 5.80. The molecule has 0 aromatic heterocycles. The zero-order valence-electron chi connectivity index (χ0n) is 14.3. The summed E-state index contributed by atoms with van der Waals surface area (Å²) < 4.78 is 10.7. The first kappa shape index (κ1) is 18.3. The van der Waals surface area contributed by atoms with Crippen LogP contribution in [0.2, 0.25) is 0 Å². The van der Waals surface area contributed by atoms with Gasteiger partial charge < -0.3 is 20.1 Å². The van der Waals surface area contributed by atoms with Crippen LogP contribution in [0.4, 0.5) is 0 Å². The van der Waals surface area contributed by atoms with Crippen molar-refractivity contribution in [3.8, 4) is 5.75 Å². The summed E-state index contributed by atoms with van der Waals surface area (Å²) in [7, 11) is 3.45. The molecule has 1 aromatic carbocycles. The molecule has 0 bridgehead atoms. The average molecular weight is 307 g/mol. The molecule has 0 aliphatic carbocycles. The van der Waals surface area contributed by atoms with Crippen molar-refractivity contribution < 1.29 is 9.47 Å². The topological polar surface area (TPSA) is 54.9 Å². The highest BCUT2D eigenvalue weighted by Crippen LogP contribution is 2.18. The summed E-state index contributed by atoms with van der Waals surface area (Å²) in [5.74, 6) is 2.21. The van der Waals surface area contributed by atoms with Crippen LogP contribution in [-0.2, 0) is 4.74 Å². The molecular weight excluding hydrogens is 278 g/mol. The molecule has 124 valence electrons. The predicted molar refractivity (Wildman–Crippen MR) is 91.6 cm³/mol. The van der Waals surface area contributed by atoms with Gasteiger partial charge >= 0.3 is 0 Å². The molecule has 0 saturated carbocycles. The van der Waals surface area contributed by atoms with E-state index in [0.717, 1.165) is 24.9 Å². The molecular formula is C17H29N3O2. The molecule has 2 N–H and O–H groups in total. The number of nitrogens with one attached hydrogen (secondary N) is 2. The fraction of sp³-hybridized carbons (Fsp3) is 0.588. The van der Waals surface area contributed by atoms with Gasteiger partial charge in [-0.3, -0.25) is 4.99 Å². The second-order valence-electron chi connectivity index (χ2n) is 5.63. The highest BCUT2D eigenvalue weighted by Gasteiger charge is 2.08.